The van der Waals surface area contributed by atoms with E-state index in [-0.39, 0.29) is 0 Å². The van der Waals surface area contributed by atoms with Gasteiger partial charge in [-0.05, 0) is 36.3 Å². The van der Waals surface area contributed by atoms with Crippen LogP contribution in [0, 0.1) is 17.2 Å². The molecule has 0 saturated heterocycles. The van der Waals surface area contributed by atoms with Gasteiger partial charge in [0.2, 0.25) is 0 Å². The van der Waals surface area contributed by atoms with E-state index in [0.29, 0.717) is 16.6 Å². The number of rotatable bonds is 0. The van der Waals surface area contributed by atoms with Crippen LogP contribution in [0.2, 0.25) is 5.15 Å². The van der Waals surface area contributed by atoms with Crippen LogP contribution in [0.15, 0.2) is 6.20 Å². The second-order valence-corrected chi connectivity index (χ2v) is 4.25. The van der Waals surface area contributed by atoms with Gasteiger partial charge < -0.3 is 0 Å². The third-order valence-electron chi connectivity index (χ3n) is 2.80. The van der Waals surface area contributed by atoms with Gasteiger partial charge in [-0.1, -0.05) is 18.5 Å². The van der Waals surface area contributed by atoms with E-state index in [4.69, 9.17) is 16.9 Å². The molecule has 0 radical (unpaired) electrons. The lowest BCUT2D eigenvalue weighted by Gasteiger charge is -2.22. The van der Waals surface area contributed by atoms with Gasteiger partial charge in [0.15, 0.2) is 0 Å². The molecule has 1 aromatic heterocycles. The van der Waals surface area contributed by atoms with E-state index in [9.17, 15) is 0 Å². The Morgan fingerprint density at radius 3 is 3.14 bits per heavy atom. The quantitative estimate of drug-likeness (QED) is 0.612. The van der Waals surface area contributed by atoms with Crippen LogP contribution >= 0.6 is 11.6 Å². The first-order chi connectivity index (χ1) is 6.72. The van der Waals surface area contributed by atoms with Crippen LogP contribution in [-0.4, -0.2) is 4.98 Å². The maximum Gasteiger partial charge on any atom is 0.147 e. The summed E-state index contributed by atoms with van der Waals surface area (Å²) in [5.74, 6) is 0.646. The Labute approximate surface area is 88.5 Å². The molecule has 0 amide bonds. The number of aryl methyl sites for hydroxylation is 1. The lowest BCUT2D eigenvalue weighted by Crippen LogP contribution is -2.13. The van der Waals surface area contributed by atoms with E-state index < -0.39 is 0 Å². The molecule has 2 rings (SSSR count). The van der Waals surface area contributed by atoms with Crippen LogP contribution in [0.5, 0.6) is 0 Å². The van der Waals surface area contributed by atoms with Crippen molar-refractivity contribution in [2.24, 2.45) is 5.92 Å². The lowest BCUT2D eigenvalue weighted by molar-refractivity contribution is 0.499. The molecule has 1 aromatic rings. The van der Waals surface area contributed by atoms with Crippen LogP contribution in [0.3, 0.4) is 0 Å². The molecule has 1 aliphatic carbocycles. The molecule has 0 spiro atoms. The first-order valence-electron chi connectivity index (χ1n) is 4.78. The highest BCUT2D eigenvalue weighted by Crippen LogP contribution is 2.29. The number of pyridine rings is 1. The molecule has 0 saturated carbocycles. The highest BCUT2D eigenvalue weighted by Gasteiger charge is 2.20. The van der Waals surface area contributed by atoms with Gasteiger partial charge in [0, 0.05) is 6.20 Å². The Morgan fingerprint density at radius 2 is 2.43 bits per heavy atom. The smallest absolute Gasteiger partial charge is 0.147 e. The van der Waals surface area contributed by atoms with E-state index in [1.54, 1.807) is 0 Å². The second kappa shape index (κ2) is 3.59. The van der Waals surface area contributed by atoms with Gasteiger partial charge in [0.05, 0.1) is 5.56 Å². The van der Waals surface area contributed by atoms with E-state index in [1.165, 1.54) is 12.0 Å². The van der Waals surface area contributed by atoms with Crippen molar-refractivity contribution in [2.75, 3.05) is 0 Å². The second-order valence-electron chi connectivity index (χ2n) is 3.89. The topological polar surface area (TPSA) is 36.7 Å². The molecule has 1 aliphatic rings. The summed E-state index contributed by atoms with van der Waals surface area (Å²) in [6.45, 7) is 2.21. The number of aromatic nitrogens is 1. The number of nitriles is 1. The predicted octanol–water partition coefficient (Wildman–Crippen LogP) is 2.73. The third kappa shape index (κ3) is 1.49. The molecule has 14 heavy (non-hydrogen) atoms. The minimum Gasteiger partial charge on any atom is -0.243 e. The number of nitrogens with zero attached hydrogens (tertiary/aromatic N) is 2. The summed E-state index contributed by atoms with van der Waals surface area (Å²) >= 11 is 5.88. The van der Waals surface area contributed by atoms with Crippen LogP contribution in [-0.2, 0) is 12.8 Å². The van der Waals surface area contributed by atoms with E-state index in [2.05, 4.69) is 18.0 Å². The highest BCUT2D eigenvalue weighted by atomic mass is 35.5. The van der Waals surface area contributed by atoms with Crippen molar-refractivity contribution in [1.29, 1.82) is 5.26 Å². The fourth-order valence-electron chi connectivity index (χ4n) is 1.98. The number of hydrogen-bond acceptors (Lipinski definition) is 2. The lowest BCUT2D eigenvalue weighted by atomic mass is 9.84. The normalized spacial score (nSPS) is 19.9. The first-order valence-corrected chi connectivity index (χ1v) is 5.16. The van der Waals surface area contributed by atoms with Crippen molar-refractivity contribution in [3.8, 4) is 6.07 Å². The van der Waals surface area contributed by atoms with Gasteiger partial charge in [-0.3, -0.25) is 0 Å². The standard InChI is InChI=1S/C11H11ClN2/c1-7-2-3-8-6-14-11(12)10(5-13)9(8)4-7/h6-7H,2-4H2,1H3/t7-/m0/s1. The van der Waals surface area contributed by atoms with Crippen LogP contribution in [0.1, 0.15) is 30.0 Å². The number of halogens is 1. The zero-order chi connectivity index (χ0) is 10.1. The summed E-state index contributed by atoms with van der Waals surface area (Å²) in [6.07, 6.45) is 4.97. The van der Waals surface area contributed by atoms with Gasteiger partial charge >= 0.3 is 0 Å². The average Bonchev–Trinajstić information content (AvgIpc) is 2.17. The Balaban J connectivity index is 2.56. The van der Waals surface area contributed by atoms with Gasteiger partial charge in [-0.25, -0.2) is 4.98 Å². The Kier molecular flexibility index (Phi) is 2.43. The Bertz CT molecular complexity index is 406. The van der Waals surface area contributed by atoms with Crippen molar-refractivity contribution >= 4 is 11.6 Å². The minimum absolute atomic E-state index is 0.348. The molecule has 0 N–H and O–H groups in total. The summed E-state index contributed by atoms with van der Waals surface area (Å²) in [5, 5.41) is 9.33. The minimum atomic E-state index is 0.348. The molecule has 0 fully saturated rings. The molecule has 0 bridgehead atoms. The van der Waals surface area contributed by atoms with Gasteiger partial charge in [-0.2, -0.15) is 5.26 Å². The fourth-order valence-corrected chi connectivity index (χ4v) is 2.18. The zero-order valence-corrected chi connectivity index (χ0v) is 8.80. The number of fused-ring (bicyclic) bond motifs is 1. The molecule has 0 aliphatic heterocycles. The summed E-state index contributed by atoms with van der Waals surface area (Å²) in [6, 6.07) is 2.15. The zero-order valence-electron chi connectivity index (χ0n) is 8.05. The van der Waals surface area contributed by atoms with Crippen molar-refractivity contribution in [1.82, 2.24) is 4.98 Å². The third-order valence-corrected chi connectivity index (χ3v) is 3.09. The predicted molar refractivity (Wildman–Crippen MR) is 55.2 cm³/mol. The molecule has 2 nitrogen and oxygen atoms in total. The molecule has 1 heterocycles. The summed E-state index contributed by atoms with van der Waals surface area (Å²) in [7, 11) is 0. The van der Waals surface area contributed by atoms with Crippen LogP contribution < -0.4 is 0 Å². The molecular formula is C11H11ClN2. The summed E-state index contributed by atoms with van der Waals surface area (Å²) in [5.41, 5.74) is 2.89. The SMILES string of the molecule is C[C@H]1CCc2cnc(Cl)c(C#N)c2C1. The summed E-state index contributed by atoms with van der Waals surface area (Å²) < 4.78 is 0. The largest absolute Gasteiger partial charge is 0.243 e. The Hall–Kier alpha value is -1.07. The van der Waals surface area contributed by atoms with Crippen LogP contribution in [0.4, 0.5) is 0 Å². The van der Waals surface area contributed by atoms with E-state index >= 15 is 0 Å². The van der Waals surface area contributed by atoms with Crippen molar-refractivity contribution in [3.63, 3.8) is 0 Å². The molecular weight excluding hydrogens is 196 g/mol. The molecule has 0 unspecified atom stereocenters. The van der Waals surface area contributed by atoms with E-state index in [0.717, 1.165) is 18.4 Å². The maximum absolute atomic E-state index is 8.99. The molecule has 1 atom stereocenters. The van der Waals surface area contributed by atoms with Gasteiger partial charge in [-0.15, -0.1) is 0 Å². The number of hydrogen-bond donors (Lipinski definition) is 0. The summed E-state index contributed by atoms with van der Waals surface area (Å²) in [4.78, 5) is 4.03. The maximum atomic E-state index is 8.99. The van der Waals surface area contributed by atoms with Crippen molar-refractivity contribution < 1.29 is 0 Å². The average molecular weight is 207 g/mol. The van der Waals surface area contributed by atoms with E-state index in [1.807, 2.05) is 6.20 Å². The van der Waals surface area contributed by atoms with Crippen molar-refractivity contribution in [2.45, 2.75) is 26.2 Å². The molecule has 3 heteroatoms. The Morgan fingerprint density at radius 1 is 1.64 bits per heavy atom. The molecule has 0 aromatic carbocycles. The highest BCUT2D eigenvalue weighted by molar-refractivity contribution is 6.30. The monoisotopic (exact) mass is 206 g/mol. The fraction of sp³-hybridized carbons (Fsp3) is 0.455. The molecule has 72 valence electrons. The van der Waals surface area contributed by atoms with Gasteiger partial charge in [0.25, 0.3) is 0 Å². The van der Waals surface area contributed by atoms with Crippen molar-refractivity contribution in [3.05, 3.63) is 28.0 Å². The van der Waals surface area contributed by atoms with Gasteiger partial charge in [0.1, 0.15) is 11.2 Å². The van der Waals surface area contributed by atoms with Crippen LogP contribution in [0.25, 0.3) is 0 Å². The first kappa shape index (κ1) is 9.48.